The molecule has 1 unspecified atom stereocenters. The predicted octanol–water partition coefficient (Wildman–Crippen LogP) is 0.634. The van der Waals surface area contributed by atoms with Gasteiger partial charge < -0.3 is 10.6 Å². The highest BCUT2D eigenvalue weighted by Crippen LogP contribution is 2.03. The molecule has 108 valence electrons. The first-order valence-corrected chi connectivity index (χ1v) is 6.99. The van der Waals surface area contributed by atoms with Crippen LogP contribution in [0.4, 0.5) is 0 Å². The van der Waals surface area contributed by atoms with E-state index < -0.39 is 0 Å². The first-order chi connectivity index (χ1) is 9.72. The third kappa shape index (κ3) is 3.54. The molecule has 0 aliphatic rings. The fourth-order valence-electron chi connectivity index (χ4n) is 1.99. The molecule has 20 heavy (non-hydrogen) atoms. The molecule has 6 nitrogen and oxygen atoms in total. The van der Waals surface area contributed by atoms with Crippen molar-refractivity contribution >= 4 is 11.6 Å². The smallest absolute Gasteiger partial charge is 0.224 e. The molecule has 2 N–H and O–H groups in total. The number of hydrogen-bond acceptors (Lipinski definition) is 4. The minimum absolute atomic E-state index is 0.0231. The minimum atomic E-state index is -0.0231. The molecule has 1 amide bonds. The molecule has 2 aromatic rings. The average Bonchev–Trinajstić information content (AvgIpc) is 2.88. The summed E-state index contributed by atoms with van der Waals surface area (Å²) >= 11 is 0. The fraction of sp³-hybridized carbons (Fsp3) is 0.500. The Kier molecular flexibility index (Phi) is 5.06. The van der Waals surface area contributed by atoms with Crippen LogP contribution in [-0.4, -0.2) is 40.1 Å². The van der Waals surface area contributed by atoms with E-state index in [0.29, 0.717) is 19.5 Å². The van der Waals surface area contributed by atoms with Crippen molar-refractivity contribution in [1.82, 2.24) is 25.2 Å². The van der Waals surface area contributed by atoms with Crippen molar-refractivity contribution in [2.45, 2.75) is 20.3 Å². The second-order valence-electron chi connectivity index (χ2n) is 4.79. The van der Waals surface area contributed by atoms with Crippen LogP contribution in [0.2, 0.25) is 0 Å². The van der Waals surface area contributed by atoms with Gasteiger partial charge in [0.15, 0.2) is 5.65 Å². The van der Waals surface area contributed by atoms with Crippen LogP contribution in [0.25, 0.3) is 5.65 Å². The summed E-state index contributed by atoms with van der Waals surface area (Å²) in [4.78, 5) is 11.8. The van der Waals surface area contributed by atoms with Crippen molar-refractivity contribution in [2.24, 2.45) is 5.92 Å². The fourth-order valence-corrected chi connectivity index (χ4v) is 1.99. The van der Waals surface area contributed by atoms with Crippen molar-refractivity contribution in [3.05, 3.63) is 30.2 Å². The number of pyridine rings is 1. The Morgan fingerprint density at radius 3 is 3.05 bits per heavy atom. The summed E-state index contributed by atoms with van der Waals surface area (Å²) in [5.74, 6) is 0.908. The van der Waals surface area contributed by atoms with E-state index in [4.69, 9.17) is 0 Å². The number of amides is 1. The summed E-state index contributed by atoms with van der Waals surface area (Å²) in [5, 5.41) is 14.3. The molecule has 2 aromatic heterocycles. The van der Waals surface area contributed by atoms with Crippen LogP contribution in [0, 0.1) is 5.92 Å². The van der Waals surface area contributed by atoms with E-state index in [1.165, 1.54) is 0 Å². The molecule has 0 saturated heterocycles. The largest absolute Gasteiger partial charge is 0.355 e. The van der Waals surface area contributed by atoms with Gasteiger partial charge in [0.1, 0.15) is 5.82 Å². The minimum Gasteiger partial charge on any atom is -0.355 e. The average molecular weight is 275 g/mol. The molecule has 0 aliphatic carbocycles. The van der Waals surface area contributed by atoms with Gasteiger partial charge in [0.05, 0.1) is 0 Å². The summed E-state index contributed by atoms with van der Waals surface area (Å²) < 4.78 is 1.94. The van der Waals surface area contributed by atoms with Crippen molar-refractivity contribution < 1.29 is 4.79 Å². The summed E-state index contributed by atoms with van der Waals surface area (Å²) in [6.45, 7) is 6.11. The second-order valence-corrected chi connectivity index (χ2v) is 4.79. The number of aromatic nitrogens is 3. The summed E-state index contributed by atoms with van der Waals surface area (Å²) in [6.07, 6.45) is 2.60. The Morgan fingerprint density at radius 2 is 2.25 bits per heavy atom. The van der Waals surface area contributed by atoms with E-state index in [9.17, 15) is 4.79 Å². The van der Waals surface area contributed by atoms with E-state index in [1.54, 1.807) is 0 Å². The zero-order chi connectivity index (χ0) is 14.4. The Labute approximate surface area is 118 Å². The van der Waals surface area contributed by atoms with Gasteiger partial charge in [-0.15, -0.1) is 10.2 Å². The number of nitrogens with one attached hydrogen (secondary N) is 2. The molecule has 6 heteroatoms. The van der Waals surface area contributed by atoms with Crippen LogP contribution in [0.1, 0.15) is 19.7 Å². The zero-order valence-electron chi connectivity index (χ0n) is 12.0. The predicted molar refractivity (Wildman–Crippen MR) is 77.4 cm³/mol. The summed E-state index contributed by atoms with van der Waals surface area (Å²) in [6, 6.07) is 5.78. The van der Waals surface area contributed by atoms with Gasteiger partial charge in [0, 0.05) is 31.6 Å². The van der Waals surface area contributed by atoms with Crippen molar-refractivity contribution in [1.29, 1.82) is 0 Å². The van der Waals surface area contributed by atoms with Gasteiger partial charge >= 0.3 is 0 Å². The number of rotatable bonds is 7. The molecule has 2 rings (SSSR count). The lowest BCUT2D eigenvalue weighted by Crippen LogP contribution is -2.36. The van der Waals surface area contributed by atoms with Crippen molar-refractivity contribution in [3.63, 3.8) is 0 Å². The number of fused-ring (bicyclic) bond motifs is 1. The summed E-state index contributed by atoms with van der Waals surface area (Å²) in [5.41, 5.74) is 0.828. The highest BCUT2D eigenvalue weighted by molar-refractivity contribution is 5.78. The van der Waals surface area contributed by atoms with E-state index in [0.717, 1.165) is 18.0 Å². The first kappa shape index (κ1) is 14.5. The van der Waals surface area contributed by atoms with Gasteiger partial charge in [-0.2, -0.15) is 0 Å². The van der Waals surface area contributed by atoms with Crippen LogP contribution < -0.4 is 10.6 Å². The maximum Gasteiger partial charge on any atom is 0.224 e. The van der Waals surface area contributed by atoms with Gasteiger partial charge in [-0.1, -0.05) is 19.9 Å². The lowest BCUT2D eigenvalue weighted by atomic mass is 10.1. The van der Waals surface area contributed by atoms with Crippen LogP contribution in [0.5, 0.6) is 0 Å². The molecule has 0 spiro atoms. The Hall–Kier alpha value is -1.95. The molecule has 0 radical (unpaired) electrons. The van der Waals surface area contributed by atoms with E-state index >= 15 is 0 Å². The Morgan fingerprint density at radius 1 is 1.40 bits per heavy atom. The molecule has 0 fully saturated rings. The quantitative estimate of drug-likeness (QED) is 0.777. The maximum atomic E-state index is 11.8. The van der Waals surface area contributed by atoms with Gasteiger partial charge in [0.2, 0.25) is 5.91 Å². The molecule has 2 heterocycles. The summed E-state index contributed by atoms with van der Waals surface area (Å²) in [7, 11) is 0. The Balaban J connectivity index is 1.82. The maximum absolute atomic E-state index is 11.8. The highest BCUT2D eigenvalue weighted by atomic mass is 16.1. The van der Waals surface area contributed by atoms with E-state index in [-0.39, 0.29) is 11.8 Å². The standard InChI is InChI=1S/C14H21N5O/c1-3-15-10-11(2)14(20)16-8-7-13-18-17-12-6-4-5-9-19(12)13/h4-6,9,11,15H,3,7-8,10H2,1-2H3,(H,16,20). The van der Waals surface area contributed by atoms with Crippen molar-refractivity contribution in [3.8, 4) is 0 Å². The Bertz CT molecular complexity index is 565. The molecule has 0 aliphatic heterocycles. The SMILES string of the molecule is CCNCC(C)C(=O)NCCc1nnc2ccccn12. The van der Waals surface area contributed by atoms with Crippen molar-refractivity contribution in [2.75, 3.05) is 19.6 Å². The lowest BCUT2D eigenvalue weighted by Gasteiger charge is -2.11. The molecule has 0 saturated carbocycles. The van der Waals surface area contributed by atoms with Gasteiger partial charge in [-0.05, 0) is 18.7 Å². The molecular weight excluding hydrogens is 254 g/mol. The van der Waals surface area contributed by atoms with Crippen LogP contribution in [-0.2, 0) is 11.2 Å². The topological polar surface area (TPSA) is 71.3 Å². The number of hydrogen-bond donors (Lipinski definition) is 2. The third-order valence-corrected chi connectivity index (χ3v) is 3.18. The van der Waals surface area contributed by atoms with Gasteiger partial charge in [-0.25, -0.2) is 0 Å². The first-order valence-electron chi connectivity index (χ1n) is 6.99. The molecule has 1 atom stereocenters. The zero-order valence-corrected chi connectivity index (χ0v) is 12.0. The van der Waals surface area contributed by atoms with Crippen LogP contribution in [0.15, 0.2) is 24.4 Å². The highest BCUT2D eigenvalue weighted by Gasteiger charge is 2.12. The lowest BCUT2D eigenvalue weighted by molar-refractivity contribution is -0.124. The monoisotopic (exact) mass is 275 g/mol. The number of carbonyl (C=O) groups excluding carboxylic acids is 1. The molecular formula is C14H21N5O. The van der Waals surface area contributed by atoms with Crippen LogP contribution >= 0.6 is 0 Å². The number of carbonyl (C=O) groups is 1. The molecule has 0 aromatic carbocycles. The van der Waals surface area contributed by atoms with Crippen LogP contribution in [0.3, 0.4) is 0 Å². The van der Waals surface area contributed by atoms with Gasteiger partial charge in [-0.3, -0.25) is 9.20 Å². The normalized spacial score (nSPS) is 12.5. The second kappa shape index (κ2) is 7.00. The third-order valence-electron chi connectivity index (χ3n) is 3.18. The van der Waals surface area contributed by atoms with E-state index in [1.807, 2.05) is 42.6 Å². The van der Waals surface area contributed by atoms with Gasteiger partial charge in [0.25, 0.3) is 0 Å². The molecule has 0 bridgehead atoms. The number of nitrogens with zero attached hydrogens (tertiary/aromatic N) is 3. The van der Waals surface area contributed by atoms with E-state index in [2.05, 4.69) is 20.8 Å².